The van der Waals surface area contributed by atoms with E-state index in [1.807, 2.05) is 0 Å². The van der Waals surface area contributed by atoms with Crippen molar-refractivity contribution in [2.75, 3.05) is 5.32 Å². The van der Waals surface area contributed by atoms with Gasteiger partial charge in [-0.15, -0.1) is 0 Å². The Balaban J connectivity index is 1.47. The number of anilines is 2. The van der Waals surface area contributed by atoms with Gasteiger partial charge in [-0.3, -0.25) is 0 Å². The van der Waals surface area contributed by atoms with Crippen molar-refractivity contribution in [1.29, 1.82) is 0 Å². The minimum absolute atomic E-state index is 0.209. The van der Waals surface area contributed by atoms with Crippen LogP contribution in [0.2, 0.25) is 0 Å². The van der Waals surface area contributed by atoms with E-state index in [4.69, 9.17) is 0 Å². The predicted molar refractivity (Wildman–Crippen MR) is 123 cm³/mol. The molecule has 1 saturated carbocycles. The average molecular weight is 376 g/mol. The summed E-state index contributed by atoms with van der Waals surface area (Å²) in [4.78, 5) is 0. The molecule has 0 amide bonds. The maximum atomic E-state index is 3.73. The molecule has 142 valence electrons. The summed E-state index contributed by atoms with van der Waals surface area (Å²) in [5.74, 6) is 0. The molecule has 0 aromatic heterocycles. The lowest BCUT2D eigenvalue weighted by Crippen LogP contribution is -2.28. The van der Waals surface area contributed by atoms with Gasteiger partial charge < -0.3 is 5.32 Å². The predicted octanol–water partition coefficient (Wildman–Crippen LogP) is 7.81. The lowest BCUT2D eigenvalue weighted by molar-refractivity contribution is 0.353. The van der Waals surface area contributed by atoms with E-state index in [0.29, 0.717) is 0 Å². The molecule has 0 radical (unpaired) electrons. The fourth-order valence-electron chi connectivity index (χ4n) is 5.72. The lowest BCUT2D eigenvalue weighted by Gasteiger charge is -2.36. The van der Waals surface area contributed by atoms with Crippen LogP contribution in [-0.2, 0) is 5.41 Å². The molecule has 0 unspecified atom stereocenters. The van der Waals surface area contributed by atoms with Crippen LogP contribution in [0.3, 0.4) is 0 Å². The van der Waals surface area contributed by atoms with Gasteiger partial charge in [0.05, 0.1) is 0 Å². The highest BCUT2D eigenvalue weighted by molar-refractivity contribution is 5.95. The molecule has 2 aliphatic rings. The van der Waals surface area contributed by atoms with Crippen molar-refractivity contribution in [1.82, 2.24) is 0 Å². The van der Waals surface area contributed by atoms with Crippen LogP contribution in [0.25, 0.3) is 21.9 Å². The zero-order valence-electron chi connectivity index (χ0n) is 16.6. The monoisotopic (exact) mass is 375 g/mol. The quantitative estimate of drug-likeness (QED) is 0.376. The van der Waals surface area contributed by atoms with E-state index in [1.54, 1.807) is 5.56 Å². The van der Waals surface area contributed by atoms with E-state index < -0.39 is 0 Å². The molecule has 1 heteroatoms. The number of hydrogen-bond acceptors (Lipinski definition) is 1. The van der Waals surface area contributed by atoms with Crippen molar-refractivity contribution in [3.63, 3.8) is 0 Å². The summed E-state index contributed by atoms with van der Waals surface area (Å²) < 4.78 is 0. The Morgan fingerprint density at radius 3 is 2.31 bits per heavy atom. The normalized spacial score (nSPS) is 16.6. The van der Waals surface area contributed by atoms with Gasteiger partial charge in [0.1, 0.15) is 0 Å². The zero-order chi connectivity index (χ0) is 19.3. The maximum absolute atomic E-state index is 3.73. The molecule has 4 aromatic rings. The molecular formula is C28H25N. The summed E-state index contributed by atoms with van der Waals surface area (Å²) in [6.45, 7) is 0. The first kappa shape index (κ1) is 16.9. The standard InChI is InChI=1S/C28H25N/c1-6-17-28(18-7-1)25-13-5-4-12-23(25)24-16-15-21(19-26(24)28)29-27-14-8-10-20-9-2-3-11-22(20)27/h2-5,8-16,19,29H,1,6-7,17-18H2. The lowest BCUT2D eigenvalue weighted by atomic mass is 9.68. The Morgan fingerprint density at radius 1 is 0.621 bits per heavy atom. The zero-order valence-corrected chi connectivity index (χ0v) is 16.6. The summed E-state index contributed by atoms with van der Waals surface area (Å²) in [7, 11) is 0. The molecule has 0 aliphatic heterocycles. The first-order valence-corrected chi connectivity index (χ1v) is 10.8. The van der Waals surface area contributed by atoms with Crippen molar-refractivity contribution in [2.24, 2.45) is 0 Å². The topological polar surface area (TPSA) is 12.0 Å². The summed E-state index contributed by atoms with van der Waals surface area (Å²) in [5.41, 5.74) is 8.54. The second-order valence-corrected chi connectivity index (χ2v) is 8.60. The summed E-state index contributed by atoms with van der Waals surface area (Å²) >= 11 is 0. The smallest absolute Gasteiger partial charge is 0.0463 e. The Hall–Kier alpha value is -3.06. The van der Waals surface area contributed by atoms with E-state index in [1.165, 1.54) is 70.9 Å². The van der Waals surface area contributed by atoms with Crippen LogP contribution < -0.4 is 5.32 Å². The number of hydrogen-bond donors (Lipinski definition) is 1. The highest BCUT2D eigenvalue weighted by atomic mass is 14.9. The van der Waals surface area contributed by atoms with Crippen molar-refractivity contribution >= 4 is 22.1 Å². The minimum atomic E-state index is 0.209. The first-order valence-electron chi connectivity index (χ1n) is 10.8. The van der Waals surface area contributed by atoms with E-state index >= 15 is 0 Å². The molecule has 1 N–H and O–H groups in total. The fourth-order valence-corrected chi connectivity index (χ4v) is 5.72. The average Bonchev–Trinajstić information content (AvgIpc) is 3.04. The highest BCUT2D eigenvalue weighted by Gasteiger charge is 2.43. The molecular weight excluding hydrogens is 350 g/mol. The number of benzene rings is 4. The van der Waals surface area contributed by atoms with Crippen LogP contribution in [0.15, 0.2) is 84.9 Å². The Kier molecular flexibility index (Phi) is 3.77. The van der Waals surface area contributed by atoms with Crippen molar-refractivity contribution < 1.29 is 0 Å². The van der Waals surface area contributed by atoms with Crippen LogP contribution in [0.5, 0.6) is 0 Å². The second kappa shape index (κ2) is 6.49. The van der Waals surface area contributed by atoms with Gasteiger partial charge >= 0.3 is 0 Å². The van der Waals surface area contributed by atoms with Crippen LogP contribution in [0.1, 0.15) is 43.2 Å². The van der Waals surface area contributed by atoms with E-state index in [2.05, 4.69) is 90.2 Å². The third-order valence-electron chi connectivity index (χ3n) is 7.04. The van der Waals surface area contributed by atoms with Crippen molar-refractivity contribution in [3.05, 3.63) is 96.1 Å². The van der Waals surface area contributed by atoms with Gasteiger partial charge in [0.2, 0.25) is 0 Å². The van der Waals surface area contributed by atoms with Gasteiger partial charge in [-0.2, -0.15) is 0 Å². The number of fused-ring (bicyclic) bond motifs is 6. The van der Waals surface area contributed by atoms with Crippen molar-refractivity contribution in [2.45, 2.75) is 37.5 Å². The van der Waals surface area contributed by atoms with E-state index in [0.717, 1.165) is 0 Å². The third-order valence-corrected chi connectivity index (χ3v) is 7.04. The Labute approximate surface area is 172 Å². The second-order valence-electron chi connectivity index (χ2n) is 8.60. The van der Waals surface area contributed by atoms with Gasteiger partial charge in [0.25, 0.3) is 0 Å². The molecule has 29 heavy (non-hydrogen) atoms. The summed E-state index contributed by atoms with van der Waals surface area (Å²) in [5, 5.41) is 6.27. The van der Waals surface area contributed by atoms with E-state index in [9.17, 15) is 0 Å². The van der Waals surface area contributed by atoms with Crippen LogP contribution in [-0.4, -0.2) is 0 Å². The molecule has 1 nitrogen and oxygen atoms in total. The van der Waals surface area contributed by atoms with Crippen LogP contribution >= 0.6 is 0 Å². The molecule has 1 fully saturated rings. The van der Waals surface area contributed by atoms with E-state index in [-0.39, 0.29) is 5.41 Å². The highest BCUT2D eigenvalue weighted by Crippen LogP contribution is 2.56. The molecule has 4 aromatic carbocycles. The number of rotatable bonds is 2. The van der Waals surface area contributed by atoms with Crippen LogP contribution in [0, 0.1) is 0 Å². The first-order chi connectivity index (χ1) is 14.4. The third kappa shape index (κ3) is 2.54. The Bertz CT molecular complexity index is 1210. The van der Waals surface area contributed by atoms with Gasteiger partial charge in [0, 0.05) is 22.2 Å². The van der Waals surface area contributed by atoms with Crippen molar-refractivity contribution in [3.8, 4) is 11.1 Å². The van der Waals surface area contributed by atoms with Crippen LogP contribution in [0.4, 0.5) is 11.4 Å². The summed E-state index contributed by atoms with van der Waals surface area (Å²) in [6, 6.07) is 31.2. The molecule has 1 spiro atoms. The Morgan fingerprint density at radius 2 is 1.38 bits per heavy atom. The molecule has 0 saturated heterocycles. The number of nitrogens with one attached hydrogen (secondary N) is 1. The van der Waals surface area contributed by atoms with Gasteiger partial charge in [0.15, 0.2) is 0 Å². The summed E-state index contributed by atoms with van der Waals surface area (Å²) in [6.07, 6.45) is 6.57. The maximum Gasteiger partial charge on any atom is 0.0463 e. The SMILES string of the molecule is c1ccc2c(c1)-c1ccc(Nc3cccc4ccccc34)cc1C21CCCCC1. The van der Waals surface area contributed by atoms with Gasteiger partial charge in [-0.1, -0.05) is 86.0 Å². The molecule has 0 atom stereocenters. The molecule has 0 bridgehead atoms. The fraction of sp³-hybridized carbons (Fsp3) is 0.214. The van der Waals surface area contributed by atoms with Gasteiger partial charge in [-0.05, 0) is 58.7 Å². The minimum Gasteiger partial charge on any atom is -0.355 e. The largest absolute Gasteiger partial charge is 0.355 e. The molecule has 2 aliphatic carbocycles. The van der Waals surface area contributed by atoms with Gasteiger partial charge in [-0.25, -0.2) is 0 Å². The molecule has 0 heterocycles. The molecule has 6 rings (SSSR count).